The number of oxazole rings is 1. The topological polar surface area (TPSA) is 102 Å². The average molecular weight is 410 g/mol. The highest BCUT2D eigenvalue weighted by Gasteiger charge is 2.20. The maximum atomic E-state index is 12.3. The van der Waals surface area contributed by atoms with Crippen LogP contribution >= 0.6 is 11.6 Å². The minimum atomic E-state index is -3.67. The lowest BCUT2D eigenvalue weighted by atomic mass is 10.3. The van der Waals surface area contributed by atoms with E-state index < -0.39 is 21.7 Å². The van der Waals surface area contributed by atoms with E-state index in [0.717, 1.165) is 8.87 Å². The van der Waals surface area contributed by atoms with E-state index in [9.17, 15) is 18.0 Å². The summed E-state index contributed by atoms with van der Waals surface area (Å²) in [6.07, 6.45) is 0. The molecule has 1 heterocycles. The molecule has 0 aliphatic heterocycles. The molecule has 0 fully saturated rings. The van der Waals surface area contributed by atoms with E-state index in [-0.39, 0.29) is 17.0 Å². The molecule has 0 saturated heterocycles. The van der Waals surface area contributed by atoms with Gasteiger partial charge in [-0.2, -0.15) is 0 Å². The Kier molecular flexibility index (Phi) is 5.09. The van der Waals surface area contributed by atoms with Gasteiger partial charge in [0.25, 0.3) is 0 Å². The molecular formula is C17H16ClN3O5S. The number of anilines is 1. The van der Waals surface area contributed by atoms with Gasteiger partial charge in [-0.15, -0.1) is 0 Å². The van der Waals surface area contributed by atoms with Crippen LogP contribution in [-0.4, -0.2) is 37.3 Å². The lowest BCUT2D eigenvalue weighted by Crippen LogP contribution is -2.25. The molecule has 142 valence electrons. The summed E-state index contributed by atoms with van der Waals surface area (Å²) >= 11 is 6.00. The molecule has 0 spiro atoms. The van der Waals surface area contributed by atoms with Gasteiger partial charge in [-0.05, 0) is 24.3 Å². The van der Waals surface area contributed by atoms with E-state index >= 15 is 0 Å². The Balaban J connectivity index is 1.92. The first-order chi connectivity index (χ1) is 12.7. The van der Waals surface area contributed by atoms with Gasteiger partial charge in [0, 0.05) is 20.2 Å². The van der Waals surface area contributed by atoms with Crippen molar-refractivity contribution in [3.05, 3.63) is 58.0 Å². The molecule has 0 bridgehead atoms. The van der Waals surface area contributed by atoms with Crippen molar-refractivity contribution in [2.45, 2.75) is 11.4 Å². The van der Waals surface area contributed by atoms with Gasteiger partial charge >= 0.3 is 5.76 Å². The second-order valence-corrected chi connectivity index (χ2v) is 8.46. The number of benzene rings is 2. The van der Waals surface area contributed by atoms with Crippen LogP contribution in [0.25, 0.3) is 11.1 Å². The predicted molar refractivity (Wildman–Crippen MR) is 101 cm³/mol. The van der Waals surface area contributed by atoms with Gasteiger partial charge in [0.05, 0.1) is 21.1 Å². The quantitative estimate of drug-likeness (QED) is 0.695. The van der Waals surface area contributed by atoms with Crippen LogP contribution in [0.3, 0.4) is 0 Å². The van der Waals surface area contributed by atoms with Gasteiger partial charge in [0.2, 0.25) is 15.9 Å². The maximum Gasteiger partial charge on any atom is 0.420 e. The summed E-state index contributed by atoms with van der Waals surface area (Å²) in [5.41, 5.74) is 0.810. The first-order valence-electron chi connectivity index (χ1n) is 7.80. The van der Waals surface area contributed by atoms with Gasteiger partial charge in [0.15, 0.2) is 5.58 Å². The molecule has 8 nitrogen and oxygen atoms in total. The number of amides is 1. The Labute approximate surface area is 160 Å². The molecule has 27 heavy (non-hydrogen) atoms. The molecule has 1 amide bonds. The Morgan fingerprint density at radius 3 is 2.59 bits per heavy atom. The van der Waals surface area contributed by atoms with Crippen molar-refractivity contribution in [3.8, 4) is 0 Å². The number of carbonyl (C=O) groups excluding carboxylic acids is 1. The maximum absolute atomic E-state index is 12.3. The van der Waals surface area contributed by atoms with Crippen LogP contribution in [0.2, 0.25) is 5.02 Å². The molecule has 0 unspecified atom stereocenters. The zero-order valence-corrected chi connectivity index (χ0v) is 16.0. The fourth-order valence-electron chi connectivity index (χ4n) is 2.46. The number of nitrogens with one attached hydrogen (secondary N) is 1. The number of sulfonamides is 1. The average Bonchev–Trinajstić information content (AvgIpc) is 2.91. The smallest absolute Gasteiger partial charge is 0.408 e. The summed E-state index contributed by atoms with van der Waals surface area (Å²) in [5.74, 6) is -1.24. The zero-order chi connectivity index (χ0) is 19.8. The van der Waals surface area contributed by atoms with Crippen molar-refractivity contribution in [1.29, 1.82) is 0 Å². The predicted octanol–water partition coefficient (Wildman–Crippen LogP) is 2.14. The van der Waals surface area contributed by atoms with Gasteiger partial charge in [-0.1, -0.05) is 23.7 Å². The lowest BCUT2D eigenvalue weighted by molar-refractivity contribution is -0.116. The highest BCUT2D eigenvalue weighted by atomic mass is 35.5. The van der Waals surface area contributed by atoms with E-state index in [4.69, 9.17) is 16.0 Å². The molecule has 0 aliphatic rings. The second kappa shape index (κ2) is 7.18. The zero-order valence-electron chi connectivity index (χ0n) is 14.5. The van der Waals surface area contributed by atoms with Crippen molar-refractivity contribution in [2.75, 3.05) is 19.4 Å². The lowest BCUT2D eigenvalue weighted by Gasteiger charge is -2.11. The molecule has 0 saturated carbocycles. The number of carbonyl (C=O) groups is 1. The van der Waals surface area contributed by atoms with Crippen molar-refractivity contribution in [3.63, 3.8) is 0 Å². The van der Waals surface area contributed by atoms with E-state index in [2.05, 4.69) is 5.32 Å². The number of rotatable bonds is 5. The highest BCUT2D eigenvalue weighted by Crippen LogP contribution is 2.22. The molecule has 0 aliphatic carbocycles. The third-order valence-electron chi connectivity index (χ3n) is 3.87. The van der Waals surface area contributed by atoms with Crippen LogP contribution in [0, 0.1) is 0 Å². The van der Waals surface area contributed by atoms with Crippen molar-refractivity contribution >= 4 is 44.3 Å². The number of aromatic nitrogens is 1. The Bertz CT molecular complexity index is 1180. The SMILES string of the molecule is CN(C)S(=O)(=O)c1ccc2c(c1)oc(=O)n2CC(=O)Nc1ccccc1Cl. The monoisotopic (exact) mass is 409 g/mol. The van der Waals surface area contributed by atoms with E-state index in [1.54, 1.807) is 24.3 Å². The van der Waals surface area contributed by atoms with Crippen molar-refractivity contribution in [2.24, 2.45) is 0 Å². The van der Waals surface area contributed by atoms with Crippen molar-refractivity contribution < 1.29 is 17.6 Å². The van der Waals surface area contributed by atoms with Crippen LogP contribution in [-0.2, 0) is 21.4 Å². The standard InChI is InChI=1S/C17H16ClN3O5S/c1-20(2)27(24,25)11-7-8-14-15(9-11)26-17(23)21(14)10-16(22)19-13-6-4-3-5-12(13)18/h3-9H,10H2,1-2H3,(H,19,22). The van der Waals surface area contributed by atoms with Crippen LogP contribution in [0.1, 0.15) is 0 Å². The normalized spacial score (nSPS) is 11.9. The summed E-state index contributed by atoms with van der Waals surface area (Å²) in [4.78, 5) is 24.4. The summed E-state index contributed by atoms with van der Waals surface area (Å²) in [7, 11) is -0.867. The molecular weight excluding hydrogens is 394 g/mol. The van der Waals surface area contributed by atoms with Crippen molar-refractivity contribution in [1.82, 2.24) is 8.87 Å². The van der Waals surface area contributed by atoms with Crippen LogP contribution in [0.5, 0.6) is 0 Å². The number of hydrogen-bond acceptors (Lipinski definition) is 5. The van der Waals surface area contributed by atoms with Gasteiger partial charge in [0.1, 0.15) is 6.54 Å². The second-order valence-electron chi connectivity index (χ2n) is 5.90. The van der Waals surface area contributed by atoms with Gasteiger partial charge in [-0.3, -0.25) is 9.36 Å². The van der Waals surface area contributed by atoms with E-state index in [1.807, 2.05) is 0 Å². The summed E-state index contributed by atoms with van der Waals surface area (Å²) in [5, 5.41) is 2.99. The molecule has 3 aromatic rings. The molecule has 3 rings (SSSR count). The molecule has 0 atom stereocenters. The number of fused-ring (bicyclic) bond motifs is 1. The first-order valence-corrected chi connectivity index (χ1v) is 9.62. The third-order valence-corrected chi connectivity index (χ3v) is 6.01. The highest BCUT2D eigenvalue weighted by molar-refractivity contribution is 7.89. The molecule has 1 N–H and O–H groups in total. The Morgan fingerprint density at radius 1 is 1.22 bits per heavy atom. The molecule has 1 aromatic heterocycles. The van der Waals surface area contributed by atoms with Gasteiger partial charge in [-0.25, -0.2) is 17.5 Å². The molecule has 10 heteroatoms. The molecule has 0 radical (unpaired) electrons. The third kappa shape index (κ3) is 3.75. The minimum Gasteiger partial charge on any atom is -0.408 e. The van der Waals surface area contributed by atoms with Crippen LogP contribution < -0.4 is 11.1 Å². The minimum absolute atomic E-state index is 0.0126. The number of nitrogens with zero attached hydrogens (tertiary/aromatic N) is 2. The Hall–Kier alpha value is -2.62. The van der Waals surface area contributed by atoms with Crippen LogP contribution in [0.4, 0.5) is 5.69 Å². The van der Waals surface area contributed by atoms with E-state index in [0.29, 0.717) is 16.2 Å². The fraction of sp³-hybridized carbons (Fsp3) is 0.176. The fourth-order valence-corrected chi connectivity index (χ4v) is 3.56. The van der Waals surface area contributed by atoms with Gasteiger partial charge < -0.3 is 9.73 Å². The Morgan fingerprint density at radius 2 is 1.93 bits per heavy atom. The number of hydrogen-bond donors (Lipinski definition) is 1. The summed E-state index contributed by atoms with van der Waals surface area (Å²) in [6, 6.07) is 10.8. The van der Waals surface area contributed by atoms with E-state index in [1.165, 1.54) is 32.3 Å². The number of halogens is 1. The number of para-hydroxylation sites is 1. The molecule has 2 aromatic carbocycles. The summed E-state index contributed by atoms with van der Waals surface area (Å²) in [6.45, 7) is -0.309. The summed E-state index contributed by atoms with van der Waals surface area (Å²) < 4.78 is 31.7. The van der Waals surface area contributed by atoms with Crippen LogP contribution in [0.15, 0.2) is 56.6 Å². The first kappa shape index (κ1) is 19.2. The largest absolute Gasteiger partial charge is 0.420 e.